The Balaban J connectivity index is 1.87. The van der Waals surface area contributed by atoms with Crippen LogP contribution in [0.4, 0.5) is 5.69 Å². The van der Waals surface area contributed by atoms with E-state index in [0.29, 0.717) is 0 Å². The molecule has 3 heterocycles. The number of nitrogens with zero attached hydrogens (tertiary/aromatic N) is 1. The Morgan fingerprint density at radius 2 is 1.71 bits per heavy atom. The first-order valence-electron chi connectivity index (χ1n) is 7.89. The molecule has 0 bridgehead atoms. The third-order valence-electron chi connectivity index (χ3n) is 4.65. The van der Waals surface area contributed by atoms with E-state index in [-0.39, 0.29) is 6.04 Å². The maximum atomic E-state index is 4.51. The van der Waals surface area contributed by atoms with Crippen molar-refractivity contribution in [3.63, 3.8) is 0 Å². The van der Waals surface area contributed by atoms with E-state index in [9.17, 15) is 0 Å². The number of pyridine rings is 1. The fourth-order valence-electron chi connectivity index (χ4n) is 3.57. The number of aromatic amines is 1. The van der Waals surface area contributed by atoms with E-state index >= 15 is 0 Å². The van der Waals surface area contributed by atoms with Gasteiger partial charge in [-0.3, -0.25) is 0 Å². The quantitative estimate of drug-likeness (QED) is 0.460. The lowest BCUT2D eigenvalue weighted by atomic mass is 9.97. The molecular formula is C20H14BrN3. The number of hydrogen-bond acceptors (Lipinski definition) is 2. The molecule has 3 nitrogen and oxygen atoms in total. The minimum Gasteiger partial charge on any atom is -0.374 e. The molecule has 4 aromatic rings. The summed E-state index contributed by atoms with van der Waals surface area (Å²) in [5, 5.41) is 4.92. The molecule has 1 unspecified atom stereocenters. The highest BCUT2D eigenvalue weighted by molar-refractivity contribution is 9.10. The largest absolute Gasteiger partial charge is 0.374 e. The Morgan fingerprint density at radius 1 is 0.875 bits per heavy atom. The topological polar surface area (TPSA) is 40.7 Å². The van der Waals surface area contributed by atoms with Gasteiger partial charge in [0.25, 0.3) is 0 Å². The standard InChI is InChI=1S/C20H14BrN3/c21-16-7-3-1-6-14(16)19-15-11-23-20-18(15)13(9-10-22-20)12-5-2-4-8-17(12)24-19/h1-11,19,24H,(H,22,23). The number of aromatic nitrogens is 2. The number of halogens is 1. The van der Waals surface area contributed by atoms with Crippen LogP contribution in [-0.2, 0) is 0 Å². The van der Waals surface area contributed by atoms with Gasteiger partial charge in [0, 0.05) is 39.1 Å². The summed E-state index contributed by atoms with van der Waals surface area (Å²) < 4.78 is 1.10. The lowest BCUT2D eigenvalue weighted by molar-refractivity contribution is 0.946. The van der Waals surface area contributed by atoms with E-state index in [1.165, 1.54) is 27.6 Å². The van der Waals surface area contributed by atoms with Gasteiger partial charge in [-0.15, -0.1) is 0 Å². The molecule has 4 heteroatoms. The number of nitrogens with one attached hydrogen (secondary N) is 2. The number of benzene rings is 2. The van der Waals surface area contributed by atoms with Crippen LogP contribution in [0.3, 0.4) is 0 Å². The van der Waals surface area contributed by atoms with E-state index in [0.717, 1.165) is 15.8 Å². The van der Waals surface area contributed by atoms with Gasteiger partial charge >= 0.3 is 0 Å². The fraction of sp³-hybridized carbons (Fsp3) is 0.0500. The highest BCUT2D eigenvalue weighted by Crippen LogP contribution is 2.44. The Morgan fingerprint density at radius 3 is 2.62 bits per heavy atom. The predicted molar refractivity (Wildman–Crippen MR) is 101 cm³/mol. The lowest BCUT2D eigenvalue weighted by Crippen LogP contribution is -2.11. The Bertz CT molecular complexity index is 1070. The van der Waals surface area contributed by atoms with Crippen LogP contribution >= 0.6 is 15.9 Å². The second kappa shape index (κ2) is 5.21. The van der Waals surface area contributed by atoms with Gasteiger partial charge in [0.2, 0.25) is 0 Å². The van der Waals surface area contributed by atoms with Crippen molar-refractivity contribution in [1.29, 1.82) is 0 Å². The summed E-state index contributed by atoms with van der Waals surface area (Å²) in [6.45, 7) is 0. The van der Waals surface area contributed by atoms with Crippen LogP contribution < -0.4 is 5.32 Å². The molecule has 0 fully saturated rings. The van der Waals surface area contributed by atoms with Gasteiger partial charge in [-0.1, -0.05) is 52.3 Å². The zero-order valence-electron chi connectivity index (χ0n) is 12.8. The first kappa shape index (κ1) is 13.8. The molecule has 0 amide bonds. The molecule has 2 aromatic heterocycles. The molecule has 2 aromatic carbocycles. The van der Waals surface area contributed by atoms with Gasteiger partial charge in [0.15, 0.2) is 0 Å². The minimum atomic E-state index is 0.0564. The molecule has 116 valence electrons. The van der Waals surface area contributed by atoms with Crippen LogP contribution in [0.15, 0.2) is 71.5 Å². The maximum absolute atomic E-state index is 4.51. The van der Waals surface area contributed by atoms with E-state index in [1.807, 2.05) is 12.3 Å². The zero-order chi connectivity index (χ0) is 16.1. The summed E-state index contributed by atoms with van der Waals surface area (Å²) in [5.41, 5.74) is 6.93. The first-order chi connectivity index (χ1) is 11.8. The number of anilines is 1. The summed E-state index contributed by atoms with van der Waals surface area (Å²) in [5.74, 6) is 0. The molecule has 1 aliphatic rings. The predicted octanol–water partition coefficient (Wildman–Crippen LogP) is 5.51. The van der Waals surface area contributed by atoms with Gasteiger partial charge in [-0.25, -0.2) is 4.98 Å². The summed E-state index contributed by atoms with van der Waals surface area (Å²) in [4.78, 5) is 7.85. The summed E-state index contributed by atoms with van der Waals surface area (Å²) in [6, 6.07) is 19.0. The van der Waals surface area contributed by atoms with Crippen LogP contribution in [0.1, 0.15) is 17.2 Å². The molecule has 0 aliphatic carbocycles. The average Bonchev–Trinajstić information content (AvgIpc) is 2.98. The van der Waals surface area contributed by atoms with Crippen molar-refractivity contribution in [2.24, 2.45) is 0 Å². The van der Waals surface area contributed by atoms with Gasteiger partial charge < -0.3 is 10.3 Å². The summed E-state index contributed by atoms with van der Waals surface area (Å²) in [7, 11) is 0. The molecule has 1 atom stereocenters. The normalized spacial score (nSPS) is 15.6. The Labute approximate surface area is 147 Å². The second-order valence-electron chi connectivity index (χ2n) is 5.97. The number of para-hydroxylation sites is 1. The highest BCUT2D eigenvalue weighted by atomic mass is 79.9. The minimum absolute atomic E-state index is 0.0564. The van der Waals surface area contributed by atoms with Crippen LogP contribution in [0.25, 0.3) is 22.2 Å². The van der Waals surface area contributed by atoms with Crippen LogP contribution in [-0.4, -0.2) is 9.97 Å². The maximum Gasteiger partial charge on any atom is 0.138 e. The third kappa shape index (κ3) is 1.93. The average molecular weight is 376 g/mol. The van der Waals surface area contributed by atoms with Gasteiger partial charge in [0.1, 0.15) is 5.65 Å². The van der Waals surface area contributed by atoms with E-state index in [2.05, 4.69) is 85.9 Å². The fourth-order valence-corrected chi connectivity index (χ4v) is 4.08. The van der Waals surface area contributed by atoms with Crippen LogP contribution in [0, 0.1) is 0 Å². The summed E-state index contributed by atoms with van der Waals surface area (Å²) in [6.07, 6.45) is 3.94. The van der Waals surface area contributed by atoms with Crippen molar-refractivity contribution < 1.29 is 0 Å². The molecule has 24 heavy (non-hydrogen) atoms. The molecule has 0 saturated carbocycles. The van der Waals surface area contributed by atoms with Crippen molar-refractivity contribution in [2.75, 3.05) is 5.32 Å². The van der Waals surface area contributed by atoms with Crippen LogP contribution in [0.5, 0.6) is 0 Å². The van der Waals surface area contributed by atoms with Gasteiger partial charge in [-0.2, -0.15) is 0 Å². The third-order valence-corrected chi connectivity index (χ3v) is 5.37. The molecule has 0 radical (unpaired) electrons. The van der Waals surface area contributed by atoms with E-state index in [4.69, 9.17) is 0 Å². The van der Waals surface area contributed by atoms with Crippen molar-refractivity contribution in [2.45, 2.75) is 6.04 Å². The molecule has 5 rings (SSSR count). The Hall–Kier alpha value is -2.59. The smallest absolute Gasteiger partial charge is 0.138 e. The van der Waals surface area contributed by atoms with Crippen LogP contribution in [0.2, 0.25) is 0 Å². The number of rotatable bonds is 1. The van der Waals surface area contributed by atoms with E-state index in [1.54, 1.807) is 0 Å². The highest BCUT2D eigenvalue weighted by Gasteiger charge is 2.26. The van der Waals surface area contributed by atoms with Crippen molar-refractivity contribution >= 4 is 32.7 Å². The molecular weight excluding hydrogens is 362 g/mol. The van der Waals surface area contributed by atoms with Crippen molar-refractivity contribution in [3.8, 4) is 11.1 Å². The molecule has 2 N–H and O–H groups in total. The second-order valence-corrected chi connectivity index (χ2v) is 6.82. The van der Waals surface area contributed by atoms with Gasteiger partial charge in [0.05, 0.1) is 6.04 Å². The van der Waals surface area contributed by atoms with Crippen molar-refractivity contribution in [3.05, 3.63) is 82.6 Å². The monoisotopic (exact) mass is 375 g/mol. The number of fused-ring (bicyclic) bond motifs is 2. The number of H-pyrrole nitrogens is 1. The van der Waals surface area contributed by atoms with Gasteiger partial charge in [-0.05, 0) is 29.3 Å². The molecule has 0 spiro atoms. The summed E-state index contributed by atoms with van der Waals surface area (Å²) >= 11 is 3.71. The van der Waals surface area contributed by atoms with Crippen molar-refractivity contribution in [1.82, 2.24) is 9.97 Å². The SMILES string of the molecule is Brc1ccccc1C1Nc2ccccc2-c2ccnc3[nH]cc1c23. The zero-order valence-corrected chi connectivity index (χ0v) is 14.3. The Kier molecular flexibility index (Phi) is 3.00. The molecule has 1 aliphatic heterocycles. The number of hydrogen-bond donors (Lipinski definition) is 2. The first-order valence-corrected chi connectivity index (χ1v) is 8.68. The van der Waals surface area contributed by atoms with E-state index < -0.39 is 0 Å². The lowest BCUT2D eigenvalue weighted by Gasteiger charge is -2.20. The molecule has 0 saturated heterocycles.